The van der Waals surface area contributed by atoms with Crippen LogP contribution >= 0.6 is 0 Å². The monoisotopic (exact) mass is 535 g/mol. The summed E-state index contributed by atoms with van der Waals surface area (Å²) in [7, 11) is -2.35. The molecule has 1 unspecified atom stereocenters. The van der Waals surface area contributed by atoms with Crippen LogP contribution in [-0.2, 0) is 21.3 Å². The molecule has 0 saturated heterocycles. The number of anilines is 1. The zero-order valence-electron chi connectivity index (χ0n) is 21.7. The Hall–Kier alpha value is -3.66. The molecule has 1 heterocycles. The van der Waals surface area contributed by atoms with Gasteiger partial charge in [-0.2, -0.15) is 0 Å². The van der Waals surface area contributed by atoms with Gasteiger partial charge in [-0.05, 0) is 74.4 Å². The number of β-amino-alcohol motifs (C(OH)–C–C–N with tert-alkyl or cyclic N) is 1. The van der Waals surface area contributed by atoms with Gasteiger partial charge in [0.1, 0.15) is 0 Å². The van der Waals surface area contributed by atoms with Crippen molar-refractivity contribution >= 4 is 32.6 Å². The van der Waals surface area contributed by atoms with Gasteiger partial charge in [0.2, 0.25) is 0 Å². The number of carbonyl (C=O) groups excluding carboxylic acids is 1. The Kier molecular flexibility index (Phi) is 8.20. The summed E-state index contributed by atoms with van der Waals surface area (Å²) >= 11 is 0. The largest absolute Gasteiger partial charge is 0.465 e. The number of sulfonamides is 1. The molecule has 4 rings (SSSR count). The number of benzene rings is 3. The van der Waals surface area contributed by atoms with E-state index in [9.17, 15) is 18.3 Å². The maximum atomic E-state index is 12.6. The lowest BCUT2D eigenvalue weighted by molar-refractivity contribution is 0.0601. The molecule has 200 valence electrons. The predicted octanol–water partition coefficient (Wildman–Crippen LogP) is 4.72. The third-order valence-corrected chi connectivity index (χ3v) is 7.92. The second-order valence-corrected chi connectivity index (χ2v) is 11.5. The molecule has 0 radical (unpaired) electrons. The number of aromatic nitrogens is 1. The first-order chi connectivity index (χ1) is 18.1. The highest BCUT2D eigenvalue weighted by Crippen LogP contribution is 2.23. The normalized spacial score (nSPS) is 12.8. The molecule has 3 aromatic carbocycles. The molecule has 0 aliphatic rings. The van der Waals surface area contributed by atoms with Crippen molar-refractivity contribution in [3.63, 3.8) is 0 Å². The van der Waals surface area contributed by atoms with Crippen LogP contribution < -0.4 is 10.0 Å². The highest BCUT2D eigenvalue weighted by atomic mass is 32.2. The van der Waals surface area contributed by atoms with Gasteiger partial charge in [0.15, 0.2) is 0 Å². The second kappa shape index (κ2) is 11.4. The number of carbonyl (C=O) groups is 1. The van der Waals surface area contributed by atoms with Crippen LogP contribution in [0.4, 0.5) is 5.69 Å². The summed E-state index contributed by atoms with van der Waals surface area (Å²) in [6.45, 7) is 5.20. The summed E-state index contributed by atoms with van der Waals surface area (Å²) in [5, 5.41) is 15.2. The van der Waals surface area contributed by atoms with Gasteiger partial charge in [0, 0.05) is 41.4 Å². The molecule has 38 heavy (non-hydrogen) atoms. The molecule has 1 atom stereocenters. The fraction of sp³-hybridized carbons (Fsp3) is 0.276. The van der Waals surface area contributed by atoms with Crippen molar-refractivity contribution in [3.05, 3.63) is 96.2 Å². The highest BCUT2D eigenvalue weighted by Gasteiger charge is 2.20. The third-order valence-electron chi connectivity index (χ3n) is 6.52. The minimum Gasteiger partial charge on any atom is -0.465 e. The van der Waals surface area contributed by atoms with Crippen molar-refractivity contribution in [2.24, 2.45) is 0 Å². The zero-order valence-corrected chi connectivity index (χ0v) is 22.5. The lowest BCUT2D eigenvalue weighted by Crippen LogP contribution is -2.42. The molecule has 4 aromatic rings. The molecular weight excluding hydrogens is 502 g/mol. The Labute approximate surface area is 223 Å². The second-order valence-electron chi connectivity index (χ2n) is 9.85. The van der Waals surface area contributed by atoms with E-state index < -0.39 is 16.1 Å². The number of aliphatic hydroxyl groups is 1. The first-order valence-corrected chi connectivity index (χ1v) is 13.8. The van der Waals surface area contributed by atoms with Crippen molar-refractivity contribution in [1.29, 1.82) is 0 Å². The molecule has 3 N–H and O–H groups in total. The molecule has 0 bridgehead atoms. The minimum atomic E-state index is -3.72. The van der Waals surface area contributed by atoms with E-state index in [1.807, 2.05) is 24.4 Å². The number of aliphatic hydroxyl groups excluding tert-OH is 1. The number of rotatable bonds is 11. The number of aryl methyl sites for hydroxylation is 1. The molecule has 0 amide bonds. The average molecular weight is 536 g/mol. The van der Waals surface area contributed by atoms with Crippen LogP contribution in [0, 0.1) is 0 Å². The van der Waals surface area contributed by atoms with Crippen LogP contribution in [0.25, 0.3) is 10.9 Å². The van der Waals surface area contributed by atoms with E-state index in [0.29, 0.717) is 23.4 Å². The molecule has 9 heteroatoms. The maximum absolute atomic E-state index is 12.6. The lowest BCUT2D eigenvalue weighted by Gasteiger charge is -2.28. The van der Waals surface area contributed by atoms with Gasteiger partial charge in [0.05, 0.1) is 23.7 Å². The number of methoxy groups -OCH3 is 1. The van der Waals surface area contributed by atoms with E-state index >= 15 is 0 Å². The molecule has 8 nitrogen and oxygen atoms in total. The molecule has 0 aliphatic carbocycles. The fourth-order valence-electron chi connectivity index (χ4n) is 4.24. The number of ether oxygens (including phenoxy) is 1. The van der Waals surface area contributed by atoms with Crippen LogP contribution in [0.3, 0.4) is 0 Å². The van der Waals surface area contributed by atoms with Gasteiger partial charge in [-0.1, -0.05) is 30.3 Å². The highest BCUT2D eigenvalue weighted by molar-refractivity contribution is 7.92. The third kappa shape index (κ3) is 6.61. The summed E-state index contributed by atoms with van der Waals surface area (Å²) in [6, 6.07) is 22.4. The smallest absolute Gasteiger partial charge is 0.337 e. The summed E-state index contributed by atoms with van der Waals surface area (Å²) < 4.78 is 34.8. The lowest BCUT2D eigenvalue weighted by atomic mass is 9.99. The van der Waals surface area contributed by atoms with Crippen LogP contribution in [0.5, 0.6) is 0 Å². The topological polar surface area (TPSA) is 110 Å². The molecule has 1 aromatic heterocycles. The van der Waals surface area contributed by atoms with Gasteiger partial charge in [-0.15, -0.1) is 0 Å². The average Bonchev–Trinajstić information content (AvgIpc) is 3.33. The number of hydrogen-bond donors (Lipinski definition) is 3. The molecular formula is C29H33N3O5S. The Morgan fingerprint density at radius 1 is 1.03 bits per heavy atom. The van der Waals surface area contributed by atoms with Crippen molar-refractivity contribution < 1.29 is 23.1 Å². The Balaban J connectivity index is 1.35. The van der Waals surface area contributed by atoms with E-state index in [-0.39, 0.29) is 16.4 Å². The van der Waals surface area contributed by atoms with Crippen LogP contribution in [-0.4, -0.2) is 43.3 Å². The van der Waals surface area contributed by atoms with E-state index in [1.165, 1.54) is 19.2 Å². The Morgan fingerprint density at radius 2 is 1.79 bits per heavy atom. The van der Waals surface area contributed by atoms with Crippen molar-refractivity contribution in [2.75, 3.05) is 18.4 Å². The standard InChI is InChI=1S/C29H33N3O5S/c1-29(2,15-17-32-16-14-21-18-23(28(34)37-3)12-13-26(21)32)30-20-27(33)22-8-7-9-24(19-22)31-38(35,36)25-10-5-4-6-11-25/h4-14,16,18-19,27,30-31,33H,15,17,20H2,1-3H3. The van der Waals surface area contributed by atoms with Gasteiger partial charge >= 0.3 is 5.97 Å². The Morgan fingerprint density at radius 3 is 2.53 bits per heavy atom. The number of hydrogen-bond acceptors (Lipinski definition) is 6. The Bertz CT molecular complexity index is 1510. The van der Waals surface area contributed by atoms with Crippen molar-refractivity contribution in [1.82, 2.24) is 9.88 Å². The molecule has 0 spiro atoms. The van der Waals surface area contributed by atoms with Crippen LogP contribution in [0.2, 0.25) is 0 Å². The van der Waals surface area contributed by atoms with E-state index in [1.54, 1.807) is 48.5 Å². The predicted molar refractivity (Wildman–Crippen MR) is 149 cm³/mol. The van der Waals surface area contributed by atoms with E-state index in [0.717, 1.165) is 23.9 Å². The van der Waals surface area contributed by atoms with Crippen molar-refractivity contribution in [2.45, 2.75) is 43.4 Å². The van der Waals surface area contributed by atoms with Gasteiger partial charge < -0.3 is 19.7 Å². The van der Waals surface area contributed by atoms with Crippen LogP contribution in [0.15, 0.2) is 90.0 Å². The van der Waals surface area contributed by atoms with Gasteiger partial charge in [-0.25, -0.2) is 13.2 Å². The number of fused-ring (bicyclic) bond motifs is 1. The first kappa shape index (κ1) is 27.4. The van der Waals surface area contributed by atoms with E-state index in [2.05, 4.69) is 28.5 Å². The number of nitrogens with one attached hydrogen (secondary N) is 2. The summed E-state index contributed by atoms with van der Waals surface area (Å²) in [4.78, 5) is 12.0. The summed E-state index contributed by atoms with van der Waals surface area (Å²) in [5.74, 6) is -0.359. The fourth-order valence-corrected chi connectivity index (χ4v) is 5.31. The molecule has 0 saturated carbocycles. The first-order valence-electron chi connectivity index (χ1n) is 12.4. The molecule has 0 aliphatic heterocycles. The van der Waals surface area contributed by atoms with Gasteiger partial charge in [-0.3, -0.25) is 4.72 Å². The number of nitrogens with zero attached hydrogens (tertiary/aromatic N) is 1. The quantitative estimate of drug-likeness (QED) is 0.240. The maximum Gasteiger partial charge on any atom is 0.337 e. The molecule has 0 fully saturated rings. The summed E-state index contributed by atoms with van der Waals surface area (Å²) in [5.41, 5.74) is 2.27. The van der Waals surface area contributed by atoms with Crippen molar-refractivity contribution in [3.8, 4) is 0 Å². The minimum absolute atomic E-state index is 0.175. The van der Waals surface area contributed by atoms with Crippen LogP contribution in [0.1, 0.15) is 42.3 Å². The number of esters is 1. The van der Waals surface area contributed by atoms with Gasteiger partial charge in [0.25, 0.3) is 10.0 Å². The zero-order chi connectivity index (χ0) is 27.3. The summed E-state index contributed by atoms with van der Waals surface area (Å²) in [6.07, 6.45) is 1.97. The van der Waals surface area contributed by atoms with E-state index in [4.69, 9.17) is 4.74 Å². The SMILES string of the molecule is COC(=O)c1ccc2c(ccn2CCC(C)(C)NCC(O)c2cccc(NS(=O)(=O)c3ccccc3)c2)c1.